The monoisotopic (exact) mass is 407 g/mol. The van der Waals surface area contributed by atoms with Crippen molar-refractivity contribution in [3.8, 4) is 11.5 Å². The molecule has 3 heteroatoms. The molecule has 1 N–H and O–H groups in total. The van der Waals surface area contributed by atoms with Crippen molar-refractivity contribution in [3.63, 3.8) is 0 Å². The van der Waals surface area contributed by atoms with E-state index in [9.17, 15) is 4.79 Å². The van der Waals surface area contributed by atoms with Gasteiger partial charge in [-0.1, -0.05) is 74.5 Å². The minimum absolute atomic E-state index is 0.0849. The lowest BCUT2D eigenvalue weighted by Crippen LogP contribution is -2.18. The first-order valence-electron chi connectivity index (χ1n) is 10.3. The van der Waals surface area contributed by atoms with Crippen LogP contribution >= 0.6 is 0 Å². The van der Waals surface area contributed by atoms with E-state index in [-0.39, 0.29) is 11.3 Å². The summed E-state index contributed by atoms with van der Waals surface area (Å²) in [6.45, 7) is 4.45. The molecule has 0 fully saturated rings. The highest BCUT2D eigenvalue weighted by molar-refractivity contribution is 6.04. The van der Waals surface area contributed by atoms with E-state index < -0.39 is 0 Å². The van der Waals surface area contributed by atoms with E-state index in [0.717, 1.165) is 11.4 Å². The second-order valence-corrected chi connectivity index (χ2v) is 7.96. The van der Waals surface area contributed by atoms with E-state index in [1.807, 2.05) is 60.7 Å². The fourth-order valence-electron chi connectivity index (χ4n) is 3.50. The molecule has 3 nitrogen and oxygen atoms in total. The first-order valence-corrected chi connectivity index (χ1v) is 10.3. The molecule has 0 spiro atoms. The molecule has 0 heterocycles. The molecule has 4 aromatic carbocycles. The van der Waals surface area contributed by atoms with Gasteiger partial charge in [0.2, 0.25) is 0 Å². The van der Waals surface area contributed by atoms with Crippen LogP contribution in [0.25, 0.3) is 0 Å². The van der Waals surface area contributed by atoms with Crippen LogP contribution < -0.4 is 10.1 Å². The molecule has 4 aromatic rings. The summed E-state index contributed by atoms with van der Waals surface area (Å²) in [6, 6.07) is 35.2. The Morgan fingerprint density at radius 2 is 1.13 bits per heavy atom. The number of hydrogen-bond acceptors (Lipinski definition) is 2. The normalized spacial score (nSPS) is 11.0. The van der Waals surface area contributed by atoms with Gasteiger partial charge in [0.05, 0.1) is 0 Å². The number of amides is 1. The van der Waals surface area contributed by atoms with E-state index in [0.29, 0.717) is 11.3 Å². The number of nitrogens with one attached hydrogen (secondary N) is 1. The van der Waals surface area contributed by atoms with E-state index in [1.54, 1.807) is 12.1 Å². The van der Waals surface area contributed by atoms with Crippen LogP contribution in [-0.2, 0) is 5.41 Å². The van der Waals surface area contributed by atoms with Crippen molar-refractivity contribution in [1.29, 1.82) is 0 Å². The van der Waals surface area contributed by atoms with Gasteiger partial charge in [-0.3, -0.25) is 4.79 Å². The number of rotatable bonds is 6. The third-order valence-corrected chi connectivity index (χ3v) is 5.46. The highest BCUT2D eigenvalue weighted by Gasteiger charge is 2.22. The lowest BCUT2D eigenvalue weighted by atomic mass is 9.78. The zero-order chi connectivity index (χ0) is 21.7. The molecule has 0 saturated heterocycles. The van der Waals surface area contributed by atoms with Gasteiger partial charge < -0.3 is 10.1 Å². The molecule has 154 valence electrons. The smallest absolute Gasteiger partial charge is 0.255 e. The molecule has 0 aliphatic rings. The standard InChI is InChI=1S/C28H25NO2/c1-28(2,22-11-7-4-8-12-22)23-13-17-25(18-14-23)31-26-19-15-24(16-20-26)29-27(30)21-9-5-3-6-10-21/h3-20H,1-2H3,(H,29,30). The predicted octanol–water partition coefficient (Wildman–Crippen LogP) is 7.06. The van der Waals surface area contributed by atoms with Gasteiger partial charge in [0, 0.05) is 16.7 Å². The van der Waals surface area contributed by atoms with Crippen molar-refractivity contribution in [3.05, 3.63) is 126 Å². The fourth-order valence-corrected chi connectivity index (χ4v) is 3.50. The van der Waals surface area contributed by atoms with Crippen LogP contribution in [0.5, 0.6) is 11.5 Å². The maximum atomic E-state index is 12.3. The summed E-state index contributed by atoms with van der Waals surface area (Å²) in [5.41, 5.74) is 3.77. The van der Waals surface area contributed by atoms with E-state index in [4.69, 9.17) is 4.74 Å². The van der Waals surface area contributed by atoms with Crippen LogP contribution in [0, 0.1) is 0 Å². The number of hydrogen-bond donors (Lipinski definition) is 1. The molecule has 0 bridgehead atoms. The highest BCUT2D eigenvalue weighted by Crippen LogP contribution is 2.33. The third-order valence-electron chi connectivity index (χ3n) is 5.46. The number of ether oxygens (including phenoxy) is 1. The van der Waals surface area contributed by atoms with Crippen LogP contribution in [0.2, 0.25) is 0 Å². The molecule has 0 aliphatic heterocycles. The molecule has 0 radical (unpaired) electrons. The maximum Gasteiger partial charge on any atom is 0.255 e. The zero-order valence-electron chi connectivity index (χ0n) is 17.7. The topological polar surface area (TPSA) is 38.3 Å². The third kappa shape index (κ3) is 4.84. The van der Waals surface area contributed by atoms with Gasteiger partial charge in [-0.15, -0.1) is 0 Å². The molecular weight excluding hydrogens is 382 g/mol. The Labute approximate surface area is 183 Å². The van der Waals surface area contributed by atoms with Crippen molar-refractivity contribution in [2.24, 2.45) is 0 Å². The van der Waals surface area contributed by atoms with E-state index >= 15 is 0 Å². The number of carbonyl (C=O) groups excluding carboxylic acids is 1. The number of anilines is 1. The second-order valence-electron chi connectivity index (χ2n) is 7.96. The van der Waals surface area contributed by atoms with E-state index in [1.165, 1.54) is 11.1 Å². The van der Waals surface area contributed by atoms with Gasteiger partial charge >= 0.3 is 0 Å². The predicted molar refractivity (Wildman–Crippen MR) is 126 cm³/mol. The summed E-state index contributed by atoms with van der Waals surface area (Å²) in [4.78, 5) is 12.3. The van der Waals surface area contributed by atoms with Crippen molar-refractivity contribution in [2.75, 3.05) is 5.32 Å². The Balaban J connectivity index is 1.41. The molecule has 0 unspecified atom stereocenters. The average molecular weight is 408 g/mol. The summed E-state index contributed by atoms with van der Waals surface area (Å²) < 4.78 is 5.98. The summed E-state index contributed by atoms with van der Waals surface area (Å²) in [5, 5.41) is 2.89. The lowest BCUT2D eigenvalue weighted by Gasteiger charge is -2.26. The van der Waals surface area contributed by atoms with Gasteiger partial charge in [0.25, 0.3) is 5.91 Å². The Morgan fingerprint density at radius 1 is 0.645 bits per heavy atom. The Morgan fingerprint density at radius 3 is 1.71 bits per heavy atom. The summed E-state index contributed by atoms with van der Waals surface area (Å²) >= 11 is 0. The quantitative estimate of drug-likeness (QED) is 0.372. The maximum absolute atomic E-state index is 12.3. The van der Waals surface area contributed by atoms with Crippen molar-refractivity contribution < 1.29 is 9.53 Å². The molecule has 0 saturated carbocycles. The van der Waals surface area contributed by atoms with Gasteiger partial charge in [0.15, 0.2) is 0 Å². The average Bonchev–Trinajstić information content (AvgIpc) is 2.82. The molecule has 0 aromatic heterocycles. The minimum atomic E-state index is -0.133. The van der Waals surface area contributed by atoms with Crippen molar-refractivity contribution >= 4 is 11.6 Å². The Hall–Kier alpha value is -3.85. The van der Waals surface area contributed by atoms with Gasteiger partial charge in [-0.25, -0.2) is 0 Å². The molecule has 4 rings (SSSR count). The van der Waals surface area contributed by atoms with Crippen LogP contribution in [0.1, 0.15) is 35.3 Å². The van der Waals surface area contributed by atoms with Crippen LogP contribution in [0.15, 0.2) is 109 Å². The number of benzene rings is 4. The van der Waals surface area contributed by atoms with Crippen LogP contribution in [-0.4, -0.2) is 5.91 Å². The molecular formula is C28H25NO2. The molecule has 0 atom stereocenters. The van der Waals surface area contributed by atoms with Gasteiger partial charge in [-0.05, 0) is 59.7 Å². The molecule has 1 amide bonds. The minimum Gasteiger partial charge on any atom is -0.457 e. The van der Waals surface area contributed by atoms with Crippen molar-refractivity contribution in [1.82, 2.24) is 0 Å². The summed E-state index contributed by atoms with van der Waals surface area (Å²) in [6.07, 6.45) is 0. The van der Waals surface area contributed by atoms with Gasteiger partial charge in [0.1, 0.15) is 11.5 Å². The van der Waals surface area contributed by atoms with Gasteiger partial charge in [-0.2, -0.15) is 0 Å². The molecule has 31 heavy (non-hydrogen) atoms. The SMILES string of the molecule is CC(C)(c1ccccc1)c1ccc(Oc2ccc(NC(=O)c3ccccc3)cc2)cc1. The summed E-state index contributed by atoms with van der Waals surface area (Å²) in [7, 11) is 0. The van der Waals surface area contributed by atoms with Crippen LogP contribution in [0.4, 0.5) is 5.69 Å². The Kier molecular flexibility index (Phi) is 5.85. The summed E-state index contributed by atoms with van der Waals surface area (Å²) in [5.74, 6) is 1.35. The van der Waals surface area contributed by atoms with E-state index in [2.05, 4.69) is 55.6 Å². The largest absolute Gasteiger partial charge is 0.457 e. The first kappa shape index (κ1) is 20.4. The van der Waals surface area contributed by atoms with Crippen molar-refractivity contribution in [2.45, 2.75) is 19.3 Å². The molecule has 0 aliphatic carbocycles. The zero-order valence-corrected chi connectivity index (χ0v) is 17.7. The Bertz CT molecular complexity index is 1130. The lowest BCUT2D eigenvalue weighted by molar-refractivity contribution is 0.102. The highest BCUT2D eigenvalue weighted by atomic mass is 16.5. The fraction of sp³-hybridized carbons (Fsp3) is 0.107. The van der Waals surface area contributed by atoms with Crippen LogP contribution in [0.3, 0.4) is 0 Å². The second kappa shape index (κ2) is 8.88. The first-order chi connectivity index (χ1) is 15.0. The number of carbonyl (C=O) groups is 1.